The quantitative estimate of drug-likeness (QED) is 0.289. The number of para-hydroxylation sites is 2. The fraction of sp³-hybridized carbons (Fsp3) is 0.0435. The molecule has 0 aliphatic carbocycles. The molecule has 31 heavy (non-hydrogen) atoms. The molecule has 2 N–H and O–H groups in total. The molecule has 1 heterocycles. The minimum atomic E-state index is -0.420. The number of benzene rings is 3. The van der Waals surface area contributed by atoms with Crippen molar-refractivity contribution in [2.45, 2.75) is 5.16 Å². The molecule has 0 fully saturated rings. The number of nitrogens with zero attached hydrogens (tertiary/aromatic N) is 2. The number of carbonyl (C=O) groups is 2. The largest absolute Gasteiger partial charge is 0.272 e. The van der Waals surface area contributed by atoms with Crippen LogP contribution in [-0.4, -0.2) is 27.1 Å². The molecular formula is C23H18N4O3S. The van der Waals surface area contributed by atoms with E-state index in [4.69, 9.17) is 0 Å². The molecule has 0 aliphatic rings. The van der Waals surface area contributed by atoms with Gasteiger partial charge in [0.2, 0.25) is 5.91 Å². The third kappa shape index (κ3) is 4.65. The zero-order chi connectivity index (χ0) is 21.6. The second-order valence-electron chi connectivity index (χ2n) is 6.54. The van der Waals surface area contributed by atoms with Gasteiger partial charge in [-0.3, -0.25) is 29.8 Å². The highest BCUT2D eigenvalue weighted by atomic mass is 32.2. The van der Waals surface area contributed by atoms with Crippen molar-refractivity contribution in [1.29, 1.82) is 0 Å². The highest BCUT2D eigenvalue weighted by Crippen LogP contribution is 2.21. The van der Waals surface area contributed by atoms with E-state index in [2.05, 4.69) is 15.8 Å². The molecule has 0 saturated heterocycles. The standard InChI is InChI=1S/C23H18N4O3S/c28-20(25-26-21(29)16-9-3-1-4-10-16)15-31-23-24-19-14-8-7-13-18(19)22(30)27(23)17-11-5-2-6-12-17/h1-14H,15H2,(H,25,28)(H,26,29). The summed E-state index contributed by atoms with van der Waals surface area (Å²) in [7, 11) is 0. The maximum atomic E-state index is 13.1. The van der Waals surface area contributed by atoms with E-state index in [0.29, 0.717) is 27.3 Å². The lowest BCUT2D eigenvalue weighted by Crippen LogP contribution is -2.42. The summed E-state index contributed by atoms with van der Waals surface area (Å²) in [6.45, 7) is 0. The van der Waals surface area contributed by atoms with E-state index < -0.39 is 11.8 Å². The van der Waals surface area contributed by atoms with Crippen molar-refractivity contribution < 1.29 is 9.59 Å². The fourth-order valence-corrected chi connectivity index (χ4v) is 3.78. The summed E-state index contributed by atoms with van der Waals surface area (Å²) in [5.74, 6) is -0.868. The number of carbonyl (C=O) groups excluding carboxylic acids is 2. The zero-order valence-electron chi connectivity index (χ0n) is 16.3. The number of fused-ring (bicyclic) bond motifs is 1. The van der Waals surface area contributed by atoms with Gasteiger partial charge in [-0.1, -0.05) is 60.3 Å². The van der Waals surface area contributed by atoms with Crippen molar-refractivity contribution in [3.63, 3.8) is 0 Å². The highest BCUT2D eigenvalue weighted by molar-refractivity contribution is 7.99. The maximum absolute atomic E-state index is 13.1. The molecule has 0 atom stereocenters. The molecule has 8 heteroatoms. The van der Waals surface area contributed by atoms with Crippen LogP contribution in [0.2, 0.25) is 0 Å². The SMILES string of the molecule is O=C(CSc1nc2ccccc2c(=O)n1-c1ccccc1)NNC(=O)c1ccccc1. The molecule has 0 spiro atoms. The normalized spacial score (nSPS) is 10.6. The van der Waals surface area contributed by atoms with Gasteiger partial charge < -0.3 is 0 Å². The Bertz CT molecular complexity index is 1290. The van der Waals surface area contributed by atoms with Gasteiger partial charge in [0.1, 0.15) is 0 Å². The molecule has 4 rings (SSSR count). The number of aromatic nitrogens is 2. The van der Waals surface area contributed by atoms with Gasteiger partial charge in [-0.15, -0.1) is 0 Å². The van der Waals surface area contributed by atoms with E-state index >= 15 is 0 Å². The predicted molar refractivity (Wildman–Crippen MR) is 120 cm³/mol. The first-order chi connectivity index (χ1) is 15.1. The van der Waals surface area contributed by atoms with E-state index in [1.807, 2.05) is 36.4 Å². The van der Waals surface area contributed by atoms with E-state index in [9.17, 15) is 14.4 Å². The number of nitrogens with one attached hydrogen (secondary N) is 2. The van der Waals surface area contributed by atoms with Crippen LogP contribution in [-0.2, 0) is 4.79 Å². The van der Waals surface area contributed by atoms with Gasteiger partial charge in [0.15, 0.2) is 5.16 Å². The van der Waals surface area contributed by atoms with Crippen LogP contribution in [0.5, 0.6) is 0 Å². The van der Waals surface area contributed by atoms with Crippen LogP contribution in [0.15, 0.2) is 94.9 Å². The second kappa shape index (κ2) is 9.27. The maximum Gasteiger partial charge on any atom is 0.269 e. The molecule has 0 radical (unpaired) electrons. The van der Waals surface area contributed by atoms with Crippen molar-refractivity contribution in [3.05, 3.63) is 101 Å². The highest BCUT2D eigenvalue weighted by Gasteiger charge is 2.15. The minimum absolute atomic E-state index is 0.0350. The topological polar surface area (TPSA) is 93.1 Å². The molecule has 0 unspecified atom stereocenters. The molecule has 3 aromatic carbocycles. The molecule has 4 aromatic rings. The lowest BCUT2D eigenvalue weighted by Gasteiger charge is -2.13. The average Bonchev–Trinajstić information content (AvgIpc) is 2.82. The van der Waals surface area contributed by atoms with E-state index in [-0.39, 0.29) is 11.3 Å². The molecule has 154 valence electrons. The Morgan fingerprint density at radius 3 is 2.23 bits per heavy atom. The zero-order valence-corrected chi connectivity index (χ0v) is 17.1. The van der Waals surface area contributed by atoms with Gasteiger partial charge in [0.25, 0.3) is 11.5 Å². The first-order valence-corrected chi connectivity index (χ1v) is 10.5. The second-order valence-corrected chi connectivity index (χ2v) is 7.49. The van der Waals surface area contributed by atoms with Gasteiger partial charge >= 0.3 is 0 Å². The lowest BCUT2D eigenvalue weighted by atomic mass is 10.2. The molecule has 0 saturated carbocycles. The Morgan fingerprint density at radius 2 is 1.48 bits per heavy atom. The van der Waals surface area contributed by atoms with Crippen molar-refractivity contribution in [2.75, 3.05) is 5.75 Å². The summed E-state index contributed by atoms with van der Waals surface area (Å²) in [5, 5.41) is 0.884. The summed E-state index contributed by atoms with van der Waals surface area (Å²) in [5.41, 5.74) is 6.21. The Labute approximate surface area is 182 Å². The molecule has 7 nitrogen and oxygen atoms in total. The molecule has 0 bridgehead atoms. The van der Waals surface area contributed by atoms with Crippen LogP contribution in [0.25, 0.3) is 16.6 Å². The summed E-state index contributed by atoms with van der Waals surface area (Å²) in [4.78, 5) is 42.1. The van der Waals surface area contributed by atoms with E-state index in [1.54, 1.807) is 48.5 Å². The summed E-state index contributed by atoms with van der Waals surface area (Å²) < 4.78 is 1.49. The van der Waals surface area contributed by atoms with Gasteiger partial charge in [-0.25, -0.2) is 4.98 Å². The van der Waals surface area contributed by atoms with Gasteiger partial charge in [0, 0.05) is 5.56 Å². The fourth-order valence-electron chi connectivity index (χ4n) is 2.97. The molecule has 0 aliphatic heterocycles. The van der Waals surface area contributed by atoms with Gasteiger partial charge in [-0.2, -0.15) is 0 Å². The number of rotatable bonds is 5. The molecule has 1 aromatic heterocycles. The first-order valence-electron chi connectivity index (χ1n) is 9.48. The Hall–Kier alpha value is -3.91. The van der Waals surface area contributed by atoms with Gasteiger partial charge in [-0.05, 0) is 36.4 Å². The lowest BCUT2D eigenvalue weighted by molar-refractivity contribution is -0.119. The smallest absolute Gasteiger partial charge is 0.269 e. The number of hydrogen-bond donors (Lipinski definition) is 2. The Balaban J connectivity index is 1.53. The summed E-state index contributed by atoms with van der Waals surface area (Å²) in [6.07, 6.45) is 0. The molecule has 2 amide bonds. The van der Waals surface area contributed by atoms with Crippen LogP contribution in [0.3, 0.4) is 0 Å². The summed E-state index contributed by atoms with van der Waals surface area (Å²) >= 11 is 1.11. The Kier molecular flexibility index (Phi) is 6.09. The van der Waals surface area contributed by atoms with E-state index in [1.165, 1.54) is 4.57 Å². The molecular weight excluding hydrogens is 412 g/mol. The van der Waals surface area contributed by atoms with Crippen LogP contribution >= 0.6 is 11.8 Å². The number of thioether (sulfide) groups is 1. The van der Waals surface area contributed by atoms with Gasteiger partial charge in [0.05, 0.1) is 22.3 Å². The van der Waals surface area contributed by atoms with E-state index in [0.717, 1.165) is 11.8 Å². The van der Waals surface area contributed by atoms with Crippen molar-refractivity contribution in [2.24, 2.45) is 0 Å². The van der Waals surface area contributed by atoms with Crippen LogP contribution in [0.4, 0.5) is 0 Å². The van der Waals surface area contributed by atoms with Crippen molar-refractivity contribution in [3.8, 4) is 5.69 Å². The monoisotopic (exact) mass is 430 g/mol. The minimum Gasteiger partial charge on any atom is -0.272 e. The summed E-state index contributed by atoms with van der Waals surface area (Å²) in [6, 6.07) is 24.8. The van der Waals surface area contributed by atoms with Crippen molar-refractivity contribution in [1.82, 2.24) is 20.4 Å². The van der Waals surface area contributed by atoms with Crippen LogP contribution in [0, 0.1) is 0 Å². The third-order valence-corrected chi connectivity index (χ3v) is 5.38. The van der Waals surface area contributed by atoms with Crippen LogP contribution in [0.1, 0.15) is 10.4 Å². The average molecular weight is 430 g/mol. The third-order valence-electron chi connectivity index (χ3n) is 4.44. The Morgan fingerprint density at radius 1 is 0.839 bits per heavy atom. The number of amides is 2. The number of hydrogen-bond acceptors (Lipinski definition) is 5. The van der Waals surface area contributed by atoms with Crippen LogP contribution < -0.4 is 16.4 Å². The van der Waals surface area contributed by atoms with Crippen molar-refractivity contribution >= 4 is 34.5 Å². The number of hydrazine groups is 1. The predicted octanol–water partition coefficient (Wildman–Crippen LogP) is 2.94. The first kappa shape index (κ1) is 20.4.